The maximum Gasteiger partial charge on any atom is 0.270 e. The molecule has 0 saturated carbocycles. The molecule has 0 aliphatic carbocycles. The summed E-state index contributed by atoms with van der Waals surface area (Å²) in [5.41, 5.74) is 5.58. The van der Waals surface area contributed by atoms with Crippen molar-refractivity contribution in [3.05, 3.63) is 81.8 Å². The maximum atomic E-state index is 12.8. The maximum absolute atomic E-state index is 12.8. The van der Waals surface area contributed by atoms with Gasteiger partial charge in [-0.2, -0.15) is 0 Å². The molecule has 4 rings (SSSR count). The first-order valence-corrected chi connectivity index (χ1v) is 11.6. The second-order valence-corrected chi connectivity index (χ2v) is 8.48. The second kappa shape index (κ2) is 10.9. The number of hydrogen-bond donors (Lipinski definition) is 3. The summed E-state index contributed by atoms with van der Waals surface area (Å²) in [6.07, 6.45) is 4.17. The molecule has 34 heavy (non-hydrogen) atoms. The number of nitrogens with one attached hydrogen (secondary N) is 2. The van der Waals surface area contributed by atoms with Gasteiger partial charge in [-0.1, -0.05) is 61.4 Å². The van der Waals surface area contributed by atoms with Gasteiger partial charge < -0.3 is 9.72 Å². The fourth-order valence-corrected chi connectivity index (χ4v) is 4.13. The lowest BCUT2D eigenvalue weighted by Gasteiger charge is -2.13. The van der Waals surface area contributed by atoms with E-state index in [0.29, 0.717) is 36.4 Å². The molecule has 1 aromatic heterocycles. The summed E-state index contributed by atoms with van der Waals surface area (Å²) in [6, 6.07) is 17.8. The number of aromatic nitrogens is 2. The molecular formula is C27H29N3O4. The van der Waals surface area contributed by atoms with Crippen LogP contribution in [0.25, 0.3) is 21.8 Å². The number of rotatable bonds is 10. The normalized spacial score (nSPS) is 11.1. The van der Waals surface area contributed by atoms with Gasteiger partial charge in [-0.05, 0) is 30.9 Å². The van der Waals surface area contributed by atoms with Crippen LogP contribution < -0.4 is 15.8 Å². The Morgan fingerprint density at radius 2 is 1.76 bits per heavy atom. The Labute approximate surface area is 197 Å². The molecular weight excluding hydrogens is 430 g/mol. The van der Waals surface area contributed by atoms with Gasteiger partial charge in [0, 0.05) is 29.7 Å². The molecule has 0 unspecified atom stereocenters. The van der Waals surface area contributed by atoms with Crippen molar-refractivity contribution in [1.29, 1.82) is 0 Å². The van der Waals surface area contributed by atoms with Gasteiger partial charge in [0.25, 0.3) is 5.56 Å². The highest BCUT2D eigenvalue weighted by atomic mass is 16.5. The van der Waals surface area contributed by atoms with E-state index < -0.39 is 0 Å². The van der Waals surface area contributed by atoms with Crippen molar-refractivity contribution in [1.82, 2.24) is 15.4 Å². The minimum atomic E-state index is -0.358. The molecule has 1 heterocycles. The van der Waals surface area contributed by atoms with Gasteiger partial charge in [0.2, 0.25) is 5.91 Å². The van der Waals surface area contributed by atoms with Crippen molar-refractivity contribution in [2.24, 2.45) is 0 Å². The molecule has 0 bridgehead atoms. The number of hydroxylamine groups is 1. The largest absolute Gasteiger partial charge is 0.493 e. The van der Waals surface area contributed by atoms with E-state index in [-0.39, 0.29) is 11.5 Å². The lowest BCUT2D eigenvalue weighted by Crippen LogP contribution is -2.17. The number of nitrogens with zero attached hydrogens (tertiary/aromatic N) is 1. The van der Waals surface area contributed by atoms with Gasteiger partial charge in [0.05, 0.1) is 17.6 Å². The molecule has 176 valence electrons. The van der Waals surface area contributed by atoms with Gasteiger partial charge in [0.15, 0.2) is 0 Å². The highest BCUT2D eigenvalue weighted by Gasteiger charge is 2.13. The number of carbonyl (C=O) groups excluding carboxylic acids is 1. The zero-order valence-corrected chi connectivity index (χ0v) is 19.3. The standard InChI is InChI=1S/C27H29N3O4/c1-18-10-5-6-11-19(18)16-23-27(32)29-22-17-24(20-12-7-8-13-21(20)26(22)28-23)34-15-9-3-2-4-14-25(31)30-33/h5-8,10-13,17,33H,2-4,9,14-16H2,1H3,(H,29,32)(H,30,31). The molecule has 0 aliphatic rings. The average molecular weight is 460 g/mol. The molecule has 0 fully saturated rings. The SMILES string of the molecule is Cc1ccccc1Cc1nc2c(cc(OCCCCCCC(=O)NO)c3ccccc32)[nH]c1=O. The number of ether oxygens (including phenoxy) is 1. The predicted molar refractivity (Wildman–Crippen MR) is 132 cm³/mol. The number of fused-ring (bicyclic) bond motifs is 3. The van der Waals surface area contributed by atoms with Gasteiger partial charge in [-0.25, -0.2) is 10.5 Å². The first-order valence-electron chi connectivity index (χ1n) is 11.6. The van der Waals surface area contributed by atoms with Crippen LogP contribution in [0.1, 0.15) is 48.9 Å². The third kappa shape index (κ3) is 5.43. The number of unbranched alkanes of at least 4 members (excludes halogenated alkanes) is 3. The van der Waals surface area contributed by atoms with E-state index in [1.54, 1.807) is 5.48 Å². The van der Waals surface area contributed by atoms with Crippen LogP contribution in [0.15, 0.2) is 59.4 Å². The number of aromatic amines is 1. The molecule has 0 spiro atoms. The fourth-order valence-electron chi connectivity index (χ4n) is 4.13. The minimum Gasteiger partial charge on any atom is -0.493 e. The number of H-pyrrole nitrogens is 1. The Kier molecular flexibility index (Phi) is 7.54. The van der Waals surface area contributed by atoms with E-state index in [1.807, 2.05) is 61.5 Å². The lowest BCUT2D eigenvalue weighted by atomic mass is 10.0. The molecule has 4 aromatic rings. The van der Waals surface area contributed by atoms with Crippen LogP contribution in [0.4, 0.5) is 0 Å². The molecule has 3 aromatic carbocycles. The van der Waals surface area contributed by atoms with Crippen molar-refractivity contribution in [2.45, 2.75) is 45.4 Å². The van der Waals surface area contributed by atoms with Crippen molar-refractivity contribution in [3.63, 3.8) is 0 Å². The first kappa shape index (κ1) is 23.4. The predicted octanol–water partition coefficient (Wildman–Crippen LogP) is 4.81. The third-order valence-electron chi connectivity index (χ3n) is 6.03. The zero-order chi connectivity index (χ0) is 23.9. The summed E-state index contributed by atoms with van der Waals surface area (Å²) in [4.78, 5) is 31.7. The van der Waals surface area contributed by atoms with Crippen LogP contribution in [-0.4, -0.2) is 27.7 Å². The Balaban J connectivity index is 1.53. The summed E-state index contributed by atoms with van der Waals surface area (Å²) in [5, 5.41) is 10.4. The minimum absolute atomic E-state index is 0.191. The summed E-state index contributed by atoms with van der Waals surface area (Å²) >= 11 is 0. The Morgan fingerprint density at radius 1 is 1.03 bits per heavy atom. The molecule has 0 atom stereocenters. The van der Waals surface area contributed by atoms with Crippen molar-refractivity contribution >= 4 is 27.7 Å². The van der Waals surface area contributed by atoms with E-state index in [9.17, 15) is 9.59 Å². The monoisotopic (exact) mass is 459 g/mol. The van der Waals surface area contributed by atoms with Crippen LogP contribution in [0.5, 0.6) is 5.75 Å². The van der Waals surface area contributed by atoms with Crippen molar-refractivity contribution in [3.8, 4) is 5.75 Å². The molecule has 7 heteroatoms. The van der Waals surface area contributed by atoms with E-state index in [0.717, 1.165) is 53.1 Å². The van der Waals surface area contributed by atoms with Crippen LogP contribution >= 0.6 is 0 Å². The summed E-state index contributed by atoms with van der Waals surface area (Å²) in [6.45, 7) is 2.57. The lowest BCUT2D eigenvalue weighted by molar-refractivity contribution is -0.129. The number of aryl methyl sites for hydroxylation is 1. The third-order valence-corrected chi connectivity index (χ3v) is 6.03. The summed E-state index contributed by atoms with van der Waals surface area (Å²) < 4.78 is 6.09. The highest BCUT2D eigenvalue weighted by molar-refractivity contribution is 6.07. The average Bonchev–Trinajstić information content (AvgIpc) is 2.85. The topological polar surface area (TPSA) is 104 Å². The van der Waals surface area contributed by atoms with Gasteiger partial charge in [-0.15, -0.1) is 0 Å². The van der Waals surface area contributed by atoms with Gasteiger partial charge in [0.1, 0.15) is 11.4 Å². The van der Waals surface area contributed by atoms with E-state index >= 15 is 0 Å². The van der Waals surface area contributed by atoms with E-state index in [1.165, 1.54) is 0 Å². The van der Waals surface area contributed by atoms with Crippen LogP contribution in [0.3, 0.4) is 0 Å². The number of hydrogen-bond acceptors (Lipinski definition) is 5. The Hall–Kier alpha value is -3.71. The van der Waals surface area contributed by atoms with Gasteiger partial charge >= 0.3 is 0 Å². The molecule has 0 saturated heterocycles. The zero-order valence-electron chi connectivity index (χ0n) is 19.3. The summed E-state index contributed by atoms with van der Waals surface area (Å²) in [7, 11) is 0. The van der Waals surface area contributed by atoms with Crippen LogP contribution in [0.2, 0.25) is 0 Å². The Morgan fingerprint density at radius 3 is 2.56 bits per heavy atom. The molecule has 0 aliphatic heterocycles. The van der Waals surface area contributed by atoms with E-state index in [4.69, 9.17) is 14.9 Å². The van der Waals surface area contributed by atoms with Crippen molar-refractivity contribution < 1.29 is 14.7 Å². The summed E-state index contributed by atoms with van der Waals surface area (Å²) in [5.74, 6) is 0.357. The molecule has 0 radical (unpaired) electrons. The second-order valence-electron chi connectivity index (χ2n) is 8.48. The molecule has 7 nitrogen and oxygen atoms in total. The van der Waals surface area contributed by atoms with E-state index in [2.05, 4.69) is 4.98 Å². The van der Waals surface area contributed by atoms with Gasteiger partial charge in [-0.3, -0.25) is 14.8 Å². The van der Waals surface area contributed by atoms with Crippen molar-refractivity contribution in [2.75, 3.05) is 6.61 Å². The smallest absolute Gasteiger partial charge is 0.270 e. The fraction of sp³-hybridized carbons (Fsp3) is 0.296. The van der Waals surface area contributed by atoms with Crippen LogP contribution in [-0.2, 0) is 11.2 Å². The molecule has 1 amide bonds. The number of benzene rings is 3. The first-order chi connectivity index (χ1) is 16.6. The molecule has 3 N–H and O–H groups in total. The Bertz CT molecular complexity index is 1360. The number of carbonyl (C=O) groups is 1. The number of amides is 1. The van der Waals surface area contributed by atoms with Crippen LogP contribution in [0, 0.1) is 6.92 Å². The highest BCUT2D eigenvalue weighted by Crippen LogP contribution is 2.31. The quantitative estimate of drug-likeness (QED) is 0.137.